The lowest BCUT2D eigenvalue weighted by Crippen LogP contribution is -2.56. The van der Waals surface area contributed by atoms with Crippen molar-refractivity contribution in [1.82, 2.24) is 14.9 Å². The van der Waals surface area contributed by atoms with E-state index in [0.717, 1.165) is 16.7 Å². The molecular formula is C26H31N3O6S2. The van der Waals surface area contributed by atoms with E-state index in [1.807, 2.05) is 26.0 Å². The fourth-order valence-electron chi connectivity index (χ4n) is 4.57. The van der Waals surface area contributed by atoms with E-state index in [2.05, 4.69) is 10.6 Å². The summed E-state index contributed by atoms with van der Waals surface area (Å²) in [6.07, 6.45) is 0.909. The highest BCUT2D eigenvalue weighted by Gasteiger charge is 2.43. The maximum absolute atomic E-state index is 14.0. The molecule has 2 N–H and O–H groups in total. The maximum atomic E-state index is 14.0. The first-order valence-electron chi connectivity index (χ1n) is 12.3. The van der Waals surface area contributed by atoms with Gasteiger partial charge in [-0.05, 0) is 56.2 Å². The van der Waals surface area contributed by atoms with E-state index in [1.54, 1.807) is 30.5 Å². The molecule has 2 atom stereocenters. The molecule has 1 saturated heterocycles. The van der Waals surface area contributed by atoms with Crippen LogP contribution in [0, 0.1) is 12.8 Å². The number of amides is 2. The highest BCUT2D eigenvalue weighted by atomic mass is 32.2. The van der Waals surface area contributed by atoms with Gasteiger partial charge in [0.05, 0.1) is 6.54 Å². The number of carbonyl (C=O) groups is 3. The number of Topliss-reactive ketones (excluding diaryl/α,β-unsaturated/α-hetero) is 1. The summed E-state index contributed by atoms with van der Waals surface area (Å²) in [6.45, 7) is 6.01. The number of fused-ring (bicyclic) bond motifs is 1. The largest absolute Gasteiger partial charge is 0.451 e. The molecule has 0 radical (unpaired) electrons. The Morgan fingerprint density at radius 3 is 2.65 bits per heavy atom. The van der Waals surface area contributed by atoms with E-state index < -0.39 is 33.9 Å². The zero-order chi connectivity index (χ0) is 26.7. The third kappa shape index (κ3) is 5.63. The van der Waals surface area contributed by atoms with Gasteiger partial charge in [0.25, 0.3) is 21.8 Å². The van der Waals surface area contributed by atoms with E-state index in [-0.39, 0.29) is 41.1 Å². The summed E-state index contributed by atoms with van der Waals surface area (Å²) in [7, 11) is -4.34. The first kappa shape index (κ1) is 27.0. The van der Waals surface area contributed by atoms with Gasteiger partial charge in [-0.15, -0.1) is 11.3 Å². The summed E-state index contributed by atoms with van der Waals surface area (Å²) in [6, 6.07) is 7.86. The molecule has 0 saturated carbocycles. The Kier molecular flexibility index (Phi) is 8.15. The van der Waals surface area contributed by atoms with Crippen molar-refractivity contribution >= 4 is 49.9 Å². The first-order valence-corrected chi connectivity index (χ1v) is 14.6. The number of aryl methyl sites for hydroxylation is 1. The second-order valence-corrected chi connectivity index (χ2v) is 12.6. The number of furan rings is 1. The van der Waals surface area contributed by atoms with Gasteiger partial charge in [-0.2, -0.15) is 0 Å². The topological polar surface area (TPSA) is 126 Å². The van der Waals surface area contributed by atoms with Crippen LogP contribution in [0.1, 0.15) is 49.2 Å². The van der Waals surface area contributed by atoms with Crippen molar-refractivity contribution in [2.45, 2.75) is 56.3 Å². The molecule has 11 heteroatoms. The molecule has 3 heterocycles. The Balaban J connectivity index is 1.72. The normalized spacial score (nSPS) is 17.5. The molecular weight excluding hydrogens is 514 g/mol. The second-order valence-electron chi connectivity index (χ2n) is 9.58. The van der Waals surface area contributed by atoms with Gasteiger partial charge in [0, 0.05) is 10.9 Å². The van der Waals surface area contributed by atoms with Gasteiger partial charge in [-0.25, -0.2) is 12.7 Å². The molecule has 9 nitrogen and oxygen atoms in total. The molecule has 2 amide bonds. The smallest absolute Gasteiger partial charge is 0.287 e. The Bertz CT molecular complexity index is 1390. The van der Waals surface area contributed by atoms with Crippen LogP contribution >= 0.6 is 11.3 Å². The summed E-state index contributed by atoms with van der Waals surface area (Å²) < 4.78 is 33.9. The van der Waals surface area contributed by atoms with Crippen LogP contribution in [0.25, 0.3) is 11.0 Å². The predicted molar refractivity (Wildman–Crippen MR) is 141 cm³/mol. The minimum atomic E-state index is -4.34. The molecule has 0 bridgehead atoms. The molecule has 1 fully saturated rings. The molecule has 0 spiro atoms. The van der Waals surface area contributed by atoms with Crippen LogP contribution in [0.5, 0.6) is 0 Å². The van der Waals surface area contributed by atoms with Crippen molar-refractivity contribution in [3.8, 4) is 0 Å². The summed E-state index contributed by atoms with van der Waals surface area (Å²) >= 11 is 0.976. The number of hydrogen-bond acceptors (Lipinski definition) is 8. The average Bonchev–Trinajstić information content (AvgIpc) is 3.46. The Morgan fingerprint density at radius 1 is 1.22 bits per heavy atom. The van der Waals surface area contributed by atoms with E-state index in [0.29, 0.717) is 28.4 Å². The standard InChI is InChI=1S/C26H31N3O6S2/c1-16(2)14-19(28-25(31)24-17(3)18-8-4-5-10-22(18)35-24)26(32)29(20-9-6-12-27-15-21(20)30)37(33,34)23-11-7-13-36-23/h4-5,7-8,10-11,13,16,19-20,27H,6,9,12,14-15H2,1-3H3,(H,28,31)/t19?,20-/m0/s1. The quantitative estimate of drug-likeness (QED) is 0.444. The Morgan fingerprint density at radius 2 is 1.97 bits per heavy atom. The highest BCUT2D eigenvalue weighted by Crippen LogP contribution is 2.28. The van der Waals surface area contributed by atoms with Gasteiger partial charge >= 0.3 is 0 Å². The van der Waals surface area contributed by atoms with E-state index in [4.69, 9.17) is 4.42 Å². The summed E-state index contributed by atoms with van der Waals surface area (Å²) in [4.78, 5) is 40.4. The van der Waals surface area contributed by atoms with Crippen molar-refractivity contribution in [2.75, 3.05) is 13.1 Å². The molecule has 37 heavy (non-hydrogen) atoms. The summed E-state index contributed by atoms with van der Waals surface area (Å²) in [5, 5.41) is 8.08. The lowest BCUT2D eigenvalue weighted by Gasteiger charge is -2.32. The lowest BCUT2D eigenvalue weighted by molar-refractivity contribution is -0.135. The fourth-order valence-corrected chi connectivity index (χ4v) is 7.28. The van der Waals surface area contributed by atoms with E-state index in [1.165, 1.54) is 6.07 Å². The molecule has 3 aromatic rings. The average molecular weight is 546 g/mol. The van der Waals surface area contributed by atoms with Crippen LogP contribution in [-0.4, -0.2) is 55.5 Å². The van der Waals surface area contributed by atoms with Crippen LogP contribution in [0.4, 0.5) is 0 Å². The number of thiophene rings is 1. The van der Waals surface area contributed by atoms with Crippen LogP contribution < -0.4 is 10.6 Å². The number of hydrogen-bond donors (Lipinski definition) is 2. The first-order chi connectivity index (χ1) is 17.6. The SMILES string of the molecule is Cc1c(C(=O)NC(CC(C)C)C(=O)N([C@H]2CCCNCC2=O)S(=O)(=O)c2cccs2)oc2ccccc12. The van der Waals surface area contributed by atoms with Crippen molar-refractivity contribution < 1.29 is 27.2 Å². The molecule has 1 aromatic carbocycles. The van der Waals surface area contributed by atoms with Crippen molar-refractivity contribution in [2.24, 2.45) is 5.92 Å². The molecule has 2 aromatic heterocycles. The van der Waals surface area contributed by atoms with Crippen LogP contribution in [0.15, 0.2) is 50.4 Å². The zero-order valence-electron chi connectivity index (χ0n) is 21.0. The number of rotatable bonds is 8. The van der Waals surface area contributed by atoms with E-state index >= 15 is 0 Å². The molecule has 1 aliphatic heterocycles. The molecule has 1 unspecified atom stereocenters. The minimum absolute atomic E-state index is 0.0337. The minimum Gasteiger partial charge on any atom is -0.451 e. The number of nitrogens with zero attached hydrogens (tertiary/aromatic N) is 1. The summed E-state index contributed by atoms with van der Waals surface area (Å²) in [5.41, 5.74) is 1.16. The van der Waals surface area contributed by atoms with Gasteiger partial charge in [-0.1, -0.05) is 38.1 Å². The van der Waals surface area contributed by atoms with Gasteiger partial charge in [0.1, 0.15) is 21.9 Å². The van der Waals surface area contributed by atoms with Crippen LogP contribution in [0.2, 0.25) is 0 Å². The zero-order valence-corrected chi connectivity index (χ0v) is 22.7. The number of sulfonamides is 1. The van der Waals surface area contributed by atoms with Gasteiger partial charge < -0.3 is 15.1 Å². The highest BCUT2D eigenvalue weighted by molar-refractivity contribution is 7.91. The number of carbonyl (C=O) groups excluding carboxylic acids is 3. The summed E-state index contributed by atoms with van der Waals surface area (Å²) in [5.74, 6) is -1.82. The van der Waals surface area contributed by atoms with Gasteiger partial charge in [-0.3, -0.25) is 14.4 Å². The van der Waals surface area contributed by atoms with Gasteiger partial charge in [0.15, 0.2) is 11.5 Å². The third-order valence-electron chi connectivity index (χ3n) is 6.37. The Hall–Kier alpha value is -3.02. The van der Waals surface area contributed by atoms with Crippen molar-refractivity contribution in [3.05, 3.63) is 53.1 Å². The second kappa shape index (κ2) is 11.2. The molecule has 4 rings (SSSR count). The predicted octanol–water partition coefficient (Wildman–Crippen LogP) is 3.49. The van der Waals surface area contributed by atoms with Crippen LogP contribution in [-0.2, 0) is 19.6 Å². The fraction of sp³-hybridized carbons (Fsp3) is 0.423. The number of para-hydroxylation sites is 1. The molecule has 1 aliphatic rings. The lowest BCUT2D eigenvalue weighted by atomic mass is 10.0. The third-order valence-corrected chi connectivity index (χ3v) is 9.55. The van der Waals surface area contributed by atoms with Gasteiger partial charge in [0.2, 0.25) is 0 Å². The molecule has 0 aliphatic carbocycles. The maximum Gasteiger partial charge on any atom is 0.287 e. The van der Waals surface area contributed by atoms with E-state index in [9.17, 15) is 22.8 Å². The number of benzene rings is 1. The monoisotopic (exact) mass is 545 g/mol. The molecule has 198 valence electrons. The number of ketones is 1. The number of nitrogens with one attached hydrogen (secondary N) is 2. The Labute approximate surface area is 220 Å². The van der Waals surface area contributed by atoms with Crippen LogP contribution in [0.3, 0.4) is 0 Å². The van der Waals surface area contributed by atoms with Crippen molar-refractivity contribution in [3.63, 3.8) is 0 Å². The van der Waals surface area contributed by atoms with Crippen molar-refractivity contribution in [1.29, 1.82) is 0 Å².